The molecule has 9 heteroatoms. The number of thioether (sulfide) groups is 1. The van der Waals surface area contributed by atoms with Gasteiger partial charge in [0.2, 0.25) is 5.91 Å². The molecular weight excluding hydrogens is 444 g/mol. The van der Waals surface area contributed by atoms with Gasteiger partial charge in [0, 0.05) is 0 Å². The topological polar surface area (TPSA) is 94.2 Å². The number of rotatable bonds is 9. The highest BCUT2D eigenvalue weighted by molar-refractivity contribution is 8.18. The lowest BCUT2D eigenvalue weighted by molar-refractivity contribution is -0.127. The summed E-state index contributed by atoms with van der Waals surface area (Å²) >= 11 is 0.788. The molecule has 0 spiro atoms. The minimum atomic E-state index is -0.527. The molecule has 8 nitrogen and oxygen atoms in total. The Morgan fingerprint density at radius 3 is 2.58 bits per heavy atom. The highest BCUT2D eigenvalue weighted by atomic mass is 32.2. The van der Waals surface area contributed by atoms with Crippen molar-refractivity contribution in [3.8, 4) is 17.2 Å². The lowest BCUT2D eigenvalue weighted by atomic mass is 10.1. The molecule has 174 valence electrons. The number of nitrogens with one attached hydrogen (secondary N) is 1. The molecule has 1 aliphatic rings. The van der Waals surface area contributed by atoms with Gasteiger partial charge >= 0.3 is 0 Å². The maximum Gasteiger partial charge on any atom is 0.294 e. The zero-order chi connectivity index (χ0) is 24.0. The van der Waals surface area contributed by atoms with E-state index in [-0.39, 0.29) is 11.0 Å². The van der Waals surface area contributed by atoms with E-state index in [1.165, 1.54) is 7.11 Å². The van der Waals surface area contributed by atoms with Gasteiger partial charge in [-0.1, -0.05) is 18.2 Å². The Morgan fingerprint density at radius 2 is 1.88 bits per heavy atom. The Bertz CT molecular complexity index is 1080. The summed E-state index contributed by atoms with van der Waals surface area (Å²) in [6.45, 7) is 5.77. The number of hydrogen-bond donors (Lipinski definition) is 1. The molecule has 1 heterocycles. The number of anilines is 1. The first-order valence-electron chi connectivity index (χ1n) is 10.4. The lowest BCUT2D eigenvalue weighted by Gasteiger charge is -2.15. The molecule has 3 amide bonds. The highest BCUT2D eigenvalue weighted by Crippen LogP contribution is 2.35. The van der Waals surface area contributed by atoms with E-state index >= 15 is 0 Å². The van der Waals surface area contributed by atoms with Crippen LogP contribution < -0.4 is 19.5 Å². The molecule has 3 rings (SSSR count). The van der Waals surface area contributed by atoms with Crippen molar-refractivity contribution in [3.05, 3.63) is 52.9 Å². The molecule has 1 fully saturated rings. The van der Waals surface area contributed by atoms with Gasteiger partial charge in [-0.3, -0.25) is 19.3 Å². The van der Waals surface area contributed by atoms with Crippen LogP contribution >= 0.6 is 11.8 Å². The number of carbonyl (C=O) groups excluding carboxylic acids is 3. The Balaban J connectivity index is 1.74. The summed E-state index contributed by atoms with van der Waals surface area (Å²) in [6.07, 6.45) is 1.58. The summed E-state index contributed by atoms with van der Waals surface area (Å²) < 4.78 is 16.6. The maximum absolute atomic E-state index is 12.8. The van der Waals surface area contributed by atoms with E-state index in [4.69, 9.17) is 14.2 Å². The third kappa shape index (κ3) is 6.07. The van der Waals surface area contributed by atoms with E-state index in [0.29, 0.717) is 35.1 Å². The average molecular weight is 471 g/mol. The largest absolute Gasteiger partial charge is 0.495 e. The Morgan fingerprint density at radius 1 is 1.12 bits per heavy atom. The number of amides is 3. The van der Waals surface area contributed by atoms with Crippen molar-refractivity contribution >= 4 is 40.6 Å². The molecule has 0 saturated carbocycles. The van der Waals surface area contributed by atoms with E-state index < -0.39 is 23.6 Å². The van der Waals surface area contributed by atoms with Gasteiger partial charge in [0.25, 0.3) is 11.1 Å². The molecule has 0 aromatic heterocycles. The number of methoxy groups -OCH3 is 1. The summed E-state index contributed by atoms with van der Waals surface area (Å²) in [5.41, 5.74) is 1.14. The van der Waals surface area contributed by atoms with Crippen LogP contribution in [0.1, 0.15) is 26.3 Å². The molecule has 1 N–H and O–H groups in total. The summed E-state index contributed by atoms with van der Waals surface area (Å²) in [4.78, 5) is 38.8. The second kappa shape index (κ2) is 10.9. The highest BCUT2D eigenvalue weighted by Gasteiger charge is 2.36. The van der Waals surface area contributed by atoms with Crippen LogP contribution in [0.15, 0.2) is 47.4 Å². The number of imide groups is 1. The minimum Gasteiger partial charge on any atom is -0.495 e. The summed E-state index contributed by atoms with van der Waals surface area (Å²) in [7, 11) is 1.49. The van der Waals surface area contributed by atoms with Crippen molar-refractivity contribution in [2.24, 2.45) is 0 Å². The molecule has 2 aromatic carbocycles. The summed E-state index contributed by atoms with van der Waals surface area (Å²) in [6, 6.07) is 12.2. The first-order valence-corrected chi connectivity index (χ1v) is 11.3. The van der Waals surface area contributed by atoms with Crippen LogP contribution in [0.3, 0.4) is 0 Å². The molecule has 0 atom stereocenters. The zero-order valence-electron chi connectivity index (χ0n) is 18.9. The van der Waals surface area contributed by atoms with Crippen LogP contribution in [0, 0.1) is 0 Å². The maximum atomic E-state index is 12.8. The molecule has 0 unspecified atom stereocenters. The predicted octanol–water partition coefficient (Wildman–Crippen LogP) is 4.56. The van der Waals surface area contributed by atoms with E-state index in [1.807, 2.05) is 20.8 Å². The molecule has 0 bridgehead atoms. The normalized spacial score (nSPS) is 14.7. The number of nitrogens with zero attached hydrogens (tertiary/aromatic N) is 1. The van der Waals surface area contributed by atoms with E-state index in [2.05, 4.69) is 5.32 Å². The number of ether oxygens (including phenoxy) is 3. The Labute approximate surface area is 196 Å². The monoisotopic (exact) mass is 470 g/mol. The van der Waals surface area contributed by atoms with Gasteiger partial charge in [-0.2, -0.15) is 0 Å². The van der Waals surface area contributed by atoms with Gasteiger partial charge in [-0.15, -0.1) is 0 Å². The molecular formula is C24H26N2O6S. The van der Waals surface area contributed by atoms with Crippen LogP contribution in [-0.2, 0) is 9.59 Å². The smallest absolute Gasteiger partial charge is 0.294 e. The molecule has 1 saturated heterocycles. The predicted molar refractivity (Wildman–Crippen MR) is 128 cm³/mol. The van der Waals surface area contributed by atoms with Crippen molar-refractivity contribution in [1.29, 1.82) is 0 Å². The van der Waals surface area contributed by atoms with Crippen molar-refractivity contribution in [3.63, 3.8) is 0 Å². The van der Waals surface area contributed by atoms with Gasteiger partial charge in [-0.05, 0) is 68.4 Å². The van der Waals surface area contributed by atoms with Crippen LogP contribution in [0.4, 0.5) is 10.5 Å². The molecule has 2 aromatic rings. The van der Waals surface area contributed by atoms with Crippen LogP contribution in [-0.4, -0.2) is 48.3 Å². The van der Waals surface area contributed by atoms with Crippen LogP contribution in [0.25, 0.3) is 6.08 Å². The fraction of sp³-hybridized carbons (Fsp3) is 0.292. The van der Waals surface area contributed by atoms with Gasteiger partial charge in [0.05, 0.1) is 30.4 Å². The quantitative estimate of drug-likeness (QED) is 0.537. The van der Waals surface area contributed by atoms with E-state index in [9.17, 15) is 14.4 Å². The number of hydrogen-bond acceptors (Lipinski definition) is 7. The third-order valence-electron chi connectivity index (χ3n) is 4.48. The third-order valence-corrected chi connectivity index (χ3v) is 5.39. The molecule has 33 heavy (non-hydrogen) atoms. The van der Waals surface area contributed by atoms with Crippen LogP contribution in [0.2, 0.25) is 0 Å². The van der Waals surface area contributed by atoms with Crippen molar-refractivity contribution in [2.45, 2.75) is 26.9 Å². The number of carbonyl (C=O) groups is 3. The van der Waals surface area contributed by atoms with Gasteiger partial charge in [0.15, 0.2) is 11.5 Å². The first-order chi connectivity index (χ1) is 15.8. The lowest BCUT2D eigenvalue weighted by Crippen LogP contribution is -2.36. The van der Waals surface area contributed by atoms with E-state index in [1.54, 1.807) is 48.5 Å². The van der Waals surface area contributed by atoms with Crippen molar-refractivity contribution in [1.82, 2.24) is 4.90 Å². The van der Waals surface area contributed by atoms with E-state index in [0.717, 1.165) is 16.7 Å². The number of para-hydroxylation sites is 2. The molecule has 1 aliphatic heterocycles. The Hall–Kier alpha value is -3.46. The second-order valence-corrected chi connectivity index (χ2v) is 8.32. The minimum absolute atomic E-state index is 0.0199. The summed E-state index contributed by atoms with van der Waals surface area (Å²) in [5.74, 6) is 0.605. The first kappa shape index (κ1) is 24.2. The second-order valence-electron chi connectivity index (χ2n) is 7.32. The number of benzene rings is 2. The zero-order valence-corrected chi connectivity index (χ0v) is 19.7. The van der Waals surface area contributed by atoms with Gasteiger partial charge < -0.3 is 19.5 Å². The van der Waals surface area contributed by atoms with Crippen molar-refractivity contribution < 1.29 is 28.6 Å². The fourth-order valence-corrected chi connectivity index (χ4v) is 3.94. The molecule has 0 aliphatic carbocycles. The standard InChI is InChI=1S/C24H26N2O6S/c1-5-31-20-12-16(10-11-19(20)32-15(2)3)13-21-23(28)26(24(29)33-21)14-22(27)25-17-8-6-7-9-18(17)30-4/h6-13,15H,5,14H2,1-4H3,(H,25,27)/b21-13+. The van der Waals surface area contributed by atoms with Gasteiger partial charge in [0.1, 0.15) is 12.3 Å². The van der Waals surface area contributed by atoms with Crippen molar-refractivity contribution in [2.75, 3.05) is 25.6 Å². The SMILES string of the molecule is CCOc1cc(/C=C2/SC(=O)N(CC(=O)Nc3ccccc3OC)C2=O)ccc1OC(C)C. The Kier molecular flexibility index (Phi) is 8.00. The van der Waals surface area contributed by atoms with Crippen LogP contribution in [0.5, 0.6) is 17.2 Å². The summed E-state index contributed by atoms with van der Waals surface area (Å²) in [5, 5.41) is 2.16. The van der Waals surface area contributed by atoms with Gasteiger partial charge in [-0.25, -0.2) is 0 Å². The fourth-order valence-electron chi connectivity index (χ4n) is 3.10. The molecule has 0 radical (unpaired) electrons. The average Bonchev–Trinajstić information content (AvgIpc) is 3.03.